The van der Waals surface area contributed by atoms with E-state index < -0.39 is 6.10 Å². The summed E-state index contributed by atoms with van der Waals surface area (Å²) in [6.07, 6.45) is -0.626. The molecular formula is C29H34N4O3S. The second-order valence-electron chi connectivity index (χ2n) is 9.78. The number of hydrogen-bond acceptors (Lipinski definition) is 7. The van der Waals surface area contributed by atoms with Gasteiger partial charge in [-0.2, -0.15) is 0 Å². The van der Waals surface area contributed by atoms with E-state index in [1.54, 1.807) is 0 Å². The average Bonchev–Trinajstić information content (AvgIpc) is 3.32. The molecule has 0 bridgehead atoms. The van der Waals surface area contributed by atoms with Gasteiger partial charge in [0.15, 0.2) is 0 Å². The summed E-state index contributed by atoms with van der Waals surface area (Å²) in [6, 6.07) is 16.0. The van der Waals surface area contributed by atoms with Crippen LogP contribution in [0.3, 0.4) is 0 Å². The number of H-pyrrole nitrogens is 1. The maximum absolute atomic E-state index is 13.3. The first kappa shape index (κ1) is 25.8. The number of aromatic nitrogens is 2. The van der Waals surface area contributed by atoms with E-state index in [1.807, 2.05) is 35.7 Å². The van der Waals surface area contributed by atoms with Crippen molar-refractivity contribution in [1.82, 2.24) is 19.8 Å². The minimum atomic E-state index is -0.626. The standard InChI is InChI=1S/C29H34N4O3S/c1-20-8-9-23(21(2)16-20)24-19-37-29-27(24)28(35)30-26(31-29)18-33(11-10-32-12-14-36-15-13-32)17-25(34)22-6-4-3-5-7-22/h3-9,16,19,25,34H,10-15,17-18H2,1-2H3,(H,30,31,35). The number of nitrogens with zero attached hydrogens (tertiary/aromatic N) is 3. The van der Waals surface area contributed by atoms with E-state index in [4.69, 9.17) is 9.72 Å². The second-order valence-corrected chi connectivity index (χ2v) is 10.6. The van der Waals surface area contributed by atoms with Gasteiger partial charge in [0.25, 0.3) is 5.56 Å². The molecule has 1 aliphatic heterocycles. The summed E-state index contributed by atoms with van der Waals surface area (Å²) in [5.74, 6) is 0.619. The van der Waals surface area contributed by atoms with Gasteiger partial charge in [0, 0.05) is 43.7 Å². The quantitative estimate of drug-likeness (QED) is 0.347. The highest BCUT2D eigenvalue weighted by Crippen LogP contribution is 2.33. The zero-order chi connectivity index (χ0) is 25.8. The van der Waals surface area contributed by atoms with E-state index >= 15 is 0 Å². The van der Waals surface area contributed by atoms with Crippen LogP contribution in [0.25, 0.3) is 21.3 Å². The lowest BCUT2D eigenvalue weighted by Gasteiger charge is -2.30. The Hall–Kier alpha value is -2.88. The smallest absolute Gasteiger partial charge is 0.260 e. The predicted octanol–water partition coefficient (Wildman–Crippen LogP) is 4.14. The Labute approximate surface area is 221 Å². The lowest BCUT2D eigenvalue weighted by Crippen LogP contribution is -2.42. The largest absolute Gasteiger partial charge is 0.387 e. The molecule has 194 valence electrons. The highest BCUT2D eigenvalue weighted by atomic mass is 32.1. The van der Waals surface area contributed by atoms with Crippen LogP contribution in [0.4, 0.5) is 0 Å². The summed E-state index contributed by atoms with van der Waals surface area (Å²) >= 11 is 1.50. The van der Waals surface area contributed by atoms with E-state index in [0.29, 0.717) is 24.3 Å². The van der Waals surface area contributed by atoms with Crippen LogP contribution in [0, 0.1) is 13.8 Å². The van der Waals surface area contributed by atoms with Crippen molar-refractivity contribution in [3.05, 3.63) is 86.8 Å². The third kappa shape index (κ3) is 6.17. The molecule has 5 rings (SSSR count). The first-order chi connectivity index (χ1) is 18.0. The molecule has 1 unspecified atom stereocenters. The van der Waals surface area contributed by atoms with Crippen molar-refractivity contribution in [3.63, 3.8) is 0 Å². The number of benzene rings is 2. The Morgan fingerprint density at radius 2 is 1.92 bits per heavy atom. The van der Waals surface area contributed by atoms with Gasteiger partial charge in [0.05, 0.1) is 31.2 Å². The Bertz CT molecular complexity index is 1400. The van der Waals surface area contributed by atoms with E-state index in [9.17, 15) is 9.90 Å². The highest BCUT2D eigenvalue weighted by Gasteiger charge is 2.19. The lowest BCUT2D eigenvalue weighted by molar-refractivity contribution is 0.0288. The Kier molecular flexibility index (Phi) is 8.12. The summed E-state index contributed by atoms with van der Waals surface area (Å²) in [5, 5.41) is 13.6. The van der Waals surface area contributed by atoms with Gasteiger partial charge in [0.1, 0.15) is 10.7 Å². The summed E-state index contributed by atoms with van der Waals surface area (Å²) in [7, 11) is 0. The highest BCUT2D eigenvalue weighted by molar-refractivity contribution is 7.17. The van der Waals surface area contributed by atoms with Crippen LogP contribution in [-0.4, -0.2) is 70.8 Å². The monoisotopic (exact) mass is 518 g/mol. The van der Waals surface area contributed by atoms with Gasteiger partial charge in [-0.1, -0.05) is 54.1 Å². The van der Waals surface area contributed by atoms with Crippen LogP contribution in [-0.2, 0) is 11.3 Å². The molecule has 1 aliphatic rings. The molecule has 0 saturated carbocycles. The minimum absolute atomic E-state index is 0.118. The fourth-order valence-corrected chi connectivity index (χ4v) is 5.92. The van der Waals surface area contributed by atoms with Gasteiger partial charge in [-0.25, -0.2) is 4.98 Å². The molecule has 37 heavy (non-hydrogen) atoms. The zero-order valence-corrected chi connectivity index (χ0v) is 22.3. The molecular weight excluding hydrogens is 484 g/mol. The van der Waals surface area contributed by atoms with E-state index in [1.165, 1.54) is 16.9 Å². The third-order valence-electron chi connectivity index (χ3n) is 6.99. The van der Waals surface area contributed by atoms with Crippen molar-refractivity contribution in [2.75, 3.05) is 45.9 Å². The number of morpholine rings is 1. The Morgan fingerprint density at radius 1 is 1.14 bits per heavy atom. The maximum atomic E-state index is 13.3. The van der Waals surface area contributed by atoms with Crippen LogP contribution in [0.5, 0.6) is 0 Å². The first-order valence-corrected chi connectivity index (χ1v) is 13.7. The van der Waals surface area contributed by atoms with Gasteiger partial charge in [-0.05, 0) is 30.5 Å². The number of hydrogen-bond donors (Lipinski definition) is 2. The number of rotatable bonds is 9. The van der Waals surface area contributed by atoms with Crippen molar-refractivity contribution in [3.8, 4) is 11.1 Å². The molecule has 0 aliphatic carbocycles. The number of ether oxygens (including phenoxy) is 1. The van der Waals surface area contributed by atoms with Gasteiger partial charge in [-0.3, -0.25) is 14.6 Å². The number of aliphatic hydroxyl groups is 1. The van der Waals surface area contributed by atoms with Crippen LogP contribution < -0.4 is 5.56 Å². The molecule has 2 aromatic carbocycles. The van der Waals surface area contributed by atoms with Crippen molar-refractivity contribution >= 4 is 21.6 Å². The molecule has 2 aromatic heterocycles. The van der Waals surface area contributed by atoms with Crippen LogP contribution in [0.15, 0.2) is 58.7 Å². The number of fused-ring (bicyclic) bond motifs is 1. The number of aromatic amines is 1. The summed E-state index contributed by atoms with van der Waals surface area (Å²) in [4.78, 5) is 26.5. The fraction of sp³-hybridized carbons (Fsp3) is 0.379. The Morgan fingerprint density at radius 3 is 2.68 bits per heavy atom. The molecule has 4 aromatic rings. The molecule has 1 atom stereocenters. The minimum Gasteiger partial charge on any atom is -0.387 e. The maximum Gasteiger partial charge on any atom is 0.260 e. The van der Waals surface area contributed by atoms with Gasteiger partial charge < -0.3 is 14.8 Å². The number of aryl methyl sites for hydroxylation is 2. The van der Waals surface area contributed by atoms with E-state index in [-0.39, 0.29) is 5.56 Å². The summed E-state index contributed by atoms with van der Waals surface area (Å²) in [6.45, 7) is 9.99. The SMILES string of the molecule is Cc1ccc(-c2csc3nc(CN(CCN4CCOCC4)CC(O)c4ccccc4)[nH]c(=O)c23)c(C)c1. The van der Waals surface area contributed by atoms with Crippen LogP contribution >= 0.6 is 11.3 Å². The average molecular weight is 519 g/mol. The van der Waals surface area contributed by atoms with Crippen molar-refractivity contribution in [1.29, 1.82) is 0 Å². The van der Waals surface area contributed by atoms with Crippen molar-refractivity contribution in [2.24, 2.45) is 0 Å². The molecule has 1 saturated heterocycles. The Balaban J connectivity index is 1.39. The van der Waals surface area contributed by atoms with E-state index in [2.05, 4.69) is 46.8 Å². The topological polar surface area (TPSA) is 81.7 Å². The third-order valence-corrected chi connectivity index (χ3v) is 7.86. The molecule has 3 heterocycles. The normalized spacial score (nSPS) is 15.5. The summed E-state index contributed by atoms with van der Waals surface area (Å²) in [5.41, 5.74) is 5.11. The zero-order valence-electron chi connectivity index (χ0n) is 21.4. The molecule has 0 spiro atoms. The van der Waals surface area contributed by atoms with Crippen LogP contribution in [0.2, 0.25) is 0 Å². The van der Waals surface area contributed by atoms with Crippen LogP contribution in [0.1, 0.15) is 28.6 Å². The fourth-order valence-electron chi connectivity index (χ4n) is 4.96. The number of thiophene rings is 1. The predicted molar refractivity (Wildman–Crippen MR) is 149 cm³/mol. The second kappa shape index (κ2) is 11.7. The molecule has 8 heteroatoms. The molecule has 2 N–H and O–H groups in total. The van der Waals surface area contributed by atoms with Gasteiger partial charge in [-0.15, -0.1) is 11.3 Å². The lowest BCUT2D eigenvalue weighted by atomic mass is 9.99. The van der Waals surface area contributed by atoms with Gasteiger partial charge in [0.2, 0.25) is 0 Å². The molecule has 0 amide bonds. The van der Waals surface area contributed by atoms with E-state index in [0.717, 1.165) is 66.5 Å². The number of nitrogens with one attached hydrogen (secondary N) is 1. The number of aliphatic hydroxyl groups excluding tert-OH is 1. The molecule has 1 fully saturated rings. The van der Waals surface area contributed by atoms with Gasteiger partial charge >= 0.3 is 0 Å². The first-order valence-electron chi connectivity index (χ1n) is 12.8. The van der Waals surface area contributed by atoms with Crippen molar-refractivity contribution < 1.29 is 9.84 Å². The van der Waals surface area contributed by atoms with Crippen molar-refractivity contribution in [2.45, 2.75) is 26.5 Å². The molecule has 0 radical (unpaired) electrons. The summed E-state index contributed by atoms with van der Waals surface area (Å²) < 4.78 is 5.48. The molecule has 7 nitrogen and oxygen atoms in total.